The highest BCUT2D eigenvalue weighted by Gasteiger charge is 2.24. The Kier molecular flexibility index (Phi) is 3.41. The zero-order valence-corrected chi connectivity index (χ0v) is 10.5. The van der Waals surface area contributed by atoms with Gasteiger partial charge in [0, 0.05) is 18.5 Å². The lowest BCUT2D eigenvalue weighted by Gasteiger charge is -2.25. The normalized spacial score (nSPS) is 21.4. The first kappa shape index (κ1) is 10.4. The van der Waals surface area contributed by atoms with Gasteiger partial charge in [0.1, 0.15) is 4.60 Å². The smallest absolute Gasteiger partial charge is 0.186 e. The molecule has 0 N–H and O–H groups in total. The Morgan fingerprint density at radius 3 is 3.14 bits per heavy atom. The predicted molar refractivity (Wildman–Crippen MR) is 62.1 cm³/mol. The second-order valence-corrected chi connectivity index (χ2v) is 4.91. The molecule has 78 valence electrons. The minimum Gasteiger partial charge on any atom is -0.379 e. The summed E-state index contributed by atoms with van der Waals surface area (Å²) in [4.78, 5) is 6.75. The summed E-state index contributed by atoms with van der Waals surface area (Å²) in [6.07, 6.45) is 1.12. The largest absolute Gasteiger partial charge is 0.379 e. The van der Waals surface area contributed by atoms with Crippen LogP contribution in [-0.4, -0.2) is 30.8 Å². The van der Waals surface area contributed by atoms with Gasteiger partial charge in [-0.25, -0.2) is 4.98 Å². The van der Waals surface area contributed by atoms with Gasteiger partial charge in [0.05, 0.1) is 12.6 Å². The number of halogens is 1. The molecule has 1 aliphatic rings. The summed E-state index contributed by atoms with van der Waals surface area (Å²) >= 11 is 5.06. The molecule has 1 saturated heterocycles. The Bertz CT molecular complexity index is 299. The van der Waals surface area contributed by atoms with E-state index in [4.69, 9.17) is 4.74 Å². The van der Waals surface area contributed by atoms with Gasteiger partial charge >= 0.3 is 0 Å². The first-order chi connectivity index (χ1) is 6.81. The van der Waals surface area contributed by atoms with Gasteiger partial charge < -0.3 is 9.64 Å². The minimum absolute atomic E-state index is 0.512. The van der Waals surface area contributed by atoms with Crippen molar-refractivity contribution < 1.29 is 4.74 Å². The Labute approximate surface area is 96.2 Å². The van der Waals surface area contributed by atoms with E-state index in [-0.39, 0.29) is 0 Å². The third-order valence-corrected chi connectivity index (χ3v) is 3.98. The third kappa shape index (κ3) is 2.10. The van der Waals surface area contributed by atoms with Crippen LogP contribution < -0.4 is 4.90 Å². The average molecular weight is 277 g/mol. The monoisotopic (exact) mass is 276 g/mol. The van der Waals surface area contributed by atoms with Crippen LogP contribution in [0.5, 0.6) is 0 Å². The van der Waals surface area contributed by atoms with E-state index in [9.17, 15) is 0 Å². The molecule has 0 amide bonds. The van der Waals surface area contributed by atoms with Gasteiger partial charge in [-0.2, -0.15) is 0 Å². The summed E-state index contributed by atoms with van der Waals surface area (Å²) < 4.78 is 6.32. The third-order valence-electron chi connectivity index (χ3n) is 2.40. The number of likely N-dealkylation sites (N-methyl/N-ethyl adjacent to an activating group) is 1. The molecule has 1 fully saturated rings. The van der Waals surface area contributed by atoms with E-state index in [2.05, 4.69) is 32.7 Å². The van der Waals surface area contributed by atoms with Crippen molar-refractivity contribution in [1.82, 2.24) is 4.98 Å². The van der Waals surface area contributed by atoms with Crippen molar-refractivity contribution >= 4 is 32.4 Å². The van der Waals surface area contributed by atoms with E-state index < -0.39 is 0 Å². The van der Waals surface area contributed by atoms with E-state index in [1.54, 1.807) is 11.3 Å². The molecule has 1 aromatic rings. The van der Waals surface area contributed by atoms with Gasteiger partial charge in [-0.3, -0.25) is 0 Å². The van der Waals surface area contributed by atoms with Gasteiger partial charge in [0.25, 0.3) is 0 Å². The highest BCUT2D eigenvalue weighted by atomic mass is 79.9. The van der Waals surface area contributed by atoms with E-state index in [1.807, 2.05) is 5.38 Å². The second-order valence-electron chi connectivity index (χ2n) is 3.26. The zero-order valence-electron chi connectivity index (χ0n) is 8.07. The van der Waals surface area contributed by atoms with Crippen molar-refractivity contribution in [3.63, 3.8) is 0 Å². The number of anilines is 1. The number of hydrogen-bond acceptors (Lipinski definition) is 4. The van der Waals surface area contributed by atoms with Crippen molar-refractivity contribution in [3.05, 3.63) is 9.98 Å². The number of nitrogens with zero attached hydrogens (tertiary/aromatic N) is 2. The fraction of sp³-hybridized carbons (Fsp3) is 0.667. The number of hydrogen-bond donors (Lipinski definition) is 0. The van der Waals surface area contributed by atoms with Crippen molar-refractivity contribution in [2.24, 2.45) is 0 Å². The van der Waals surface area contributed by atoms with Crippen LogP contribution in [0.25, 0.3) is 0 Å². The average Bonchev–Trinajstić information content (AvgIpc) is 2.79. The molecular weight excluding hydrogens is 264 g/mol. The van der Waals surface area contributed by atoms with Crippen molar-refractivity contribution in [3.8, 4) is 0 Å². The molecule has 0 saturated carbocycles. The number of rotatable bonds is 3. The Hall–Kier alpha value is -0.130. The zero-order chi connectivity index (χ0) is 9.97. The first-order valence-electron chi connectivity index (χ1n) is 4.76. The maximum absolute atomic E-state index is 5.39. The molecule has 3 nitrogen and oxygen atoms in total. The van der Waals surface area contributed by atoms with Gasteiger partial charge in [-0.1, -0.05) is 0 Å². The van der Waals surface area contributed by atoms with Crippen molar-refractivity contribution in [1.29, 1.82) is 0 Å². The SMILES string of the molecule is CCN(c1nc(Br)cs1)C1CCOC1. The fourth-order valence-electron chi connectivity index (χ4n) is 1.69. The summed E-state index contributed by atoms with van der Waals surface area (Å²) in [5.74, 6) is 0. The topological polar surface area (TPSA) is 25.4 Å². The molecule has 5 heteroatoms. The minimum atomic E-state index is 0.512. The van der Waals surface area contributed by atoms with Crippen LogP contribution in [0.15, 0.2) is 9.98 Å². The van der Waals surface area contributed by atoms with Crippen LogP contribution in [0.3, 0.4) is 0 Å². The molecule has 14 heavy (non-hydrogen) atoms. The molecule has 0 spiro atoms. The molecule has 0 aromatic carbocycles. The van der Waals surface area contributed by atoms with Gasteiger partial charge in [-0.05, 0) is 29.3 Å². The lowest BCUT2D eigenvalue weighted by atomic mass is 10.2. The quantitative estimate of drug-likeness (QED) is 0.849. The molecule has 1 atom stereocenters. The van der Waals surface area contributed by atoms with Crippen LogP contribution in [0.2, 0.25) is 0 Å². The number of ether oxygens (including phenoxy) is 1. The van der Waals surface area contributed by atoms with Crippen molar-refractivity contribution in [2.75, 3.05) is 24.7 Å². The van der Waals surface area contributed by atoms with Crippen LogP contribution in [0, 0.1) is 0 Å². The van der Waals surface area contributed by atoms with Crippen LogP contribution in [0.1, 0.15) is 13.3 Å². The molecule has 2 heterocycles. The highest BCUT2D eigenvalue weighted by molar-refractivity contribution is 9.10. The first-order valence-corrected chi connectivity index (χ1v) is 6.44. The van der Waals surface area contributed by atoms with Crippen LogP contribution in [0.4, 0.5) is 5.13 Å². The fourth-order valence-corrected chi connectivity index (χ4v) is 3.08. The molecular formula is C9H13BrN2OS. The summed E-state index contributed by atoms with van der Waals surface area (Å²) in [6.45, 7) is 4.88. The molecule has 0 aliphatic carbocycles. The summed E-state index contributed by atoms with van der Waals surface area (Å²) in [5.41, 5.74) is 0. The molecule has 0 bridgehead atoms. The summed E-state index contributed by atoms with van der Waals surface area (Å²) in [6, 6.07) is 0.512. The molecule has 1 unspecified atom stereocenters. The van der Waals surface area contributed by atoms with E-state index in [0.29, 0.717) is 6.04 Å². The number of thiazole rings is 1. The molecule has 2 rings (SSSR count). The second kappa shape index (κ2) is 4.59. The molecule has 1 aromatic heterocycles. The molecule has 1 aliphatic heterocycles. The Balaban J connectivity index is 2.12. The van der Waals surface area contributed by atoms with Crippen molar-refractivity contribution in [2.45, 2.75) is 19.4 Å². The van der Waals surface area contributed by atoms with E-state index >= 15 is 0 Å². The van der Waals surface area contributed by atoms with Crippen LogP contribution >= 0.6 is 27.3 Å². The Morgan fingerprint density at radius 1 is 1.79 bits per heavy atom. The van der Waals surface area contributed by atoms with E-state index in [1.165, 1.54) is 0 Å². The highest BCUT2D eigenvalue weighted by Crippen LogP contribution is 2.27. The standard InChI is InChI=1S/C9H13BrN2OS/c1-2-12(7-3-4-13-5-7)9-11-8(10)6-14-9/h6-7H,2-5H2,1H3. The summed E-state index contributed by atoms with van der Waals surface area (Å²) in [7, 11) is 0. The maximum atomic E-state index is 5.39. The van der Waals surface area contributed by atoms with E-state index in [0.717, 1.165) is 35.9 Å². The lowest BCUT2D eigenvalue weighted by molar-refractivity contribution is 0.193. The predicted octanol–water partition coefficient (Wildman–Crippen LogP) is 2.52. The summed E-state index contributed by atoms with van der Waals surface area (Å²) in [5, 5.41) is 3.11. The Morgan fingerprint density at radius 2 is 2.64 bits per heavy atom. The molecule has 0 radical (unpaired) electrons. The maximum Gasteiger partial charge on any atom is 0.186 e. The van der Waals surface area contributed by atoms with Gasteiger partial charge in [0.15, 0.2) is 5.13 Å². The van der Waals surface area contributed by atoms with Gasteiger partial charge in [-0.15, -0.1) is 11.3 Å². The lowest BCUT2D eigenvalue weighted by Crippen LogP contribution is -2.35. The number of aromatic nitrogens is 1. The van der Waals surface area contributed by atoms with Crippen LogP contribution in [-0.2, 0) is 4.74 Å². The van der Waals surface area contributed by atoms with Gasteiger partial charge in [0.2, 0.25) is 0 Å².